The second-order valence-corrected chi connectivity index (χ2v) is 4.85. The van der Waals surface area contributed by atoms with Crippen molar-refractivity contribution in [3.63, 3.8) is 0 Å². The number of nitrogens with zero attached hydrogens (tertiary/aromatic N) is 1. The molecule has 0 aliphatic heterocycles. The normalized spacial score (nSPS) is 11.4. The van der Waals surface area contributed by atoms with Gasteiger partial charge in [-0.15, -0.1) is 11.3 Å². The van der Waals surface area contributed by atoms with Crippen LogP contribution in [0.4, 0.5) is 24.0 Å². The number of benzene rings is 1. The van der Waals surface area contributed by atoms with Gasteiger partial charge in [-0.2, -0.15) is 13.2 Å². The summed E-state index contributed by atoms with van der Waals surface area (Å²) in [5.74, 6) is -1.11. The van der Waals surface area contributed by atoms with Crippen molar-refractivity contribution in [2.75, 3.05) is 5.32 Å². The van der Waals surface area contributed by atoms with Crippen LogP contribution in [0.3, 0.4) is 0 Å². The van der Waals surface area contributed by atoms with Gasteiger partial charge in [0, 0.05) is 11.1 Å². The number of rotatable bonds is 3. The maximum atomic E-state index is 12.4. The summed E-state index contributed by atoms with van der Waals surface area (Å²) in [5, 5.41) is 12.6. The zero-order chi connectivity index (χ0) is 14.9. The van der Waals surface area contributed by atoms with Crippen LogP contribution < -0.4 is 5.32 Å². The average Bonchev–Trinajstić information content (AvgIpc) is 2.80. The molecule has 0 bridgehead atoms. The highest BCUT2D eigenvalue weighted by atomic mass is 32.1. The van der Waals surface area contributed by atoms with Crippen LogP contribution in [0.15, 0.2) is 23.6 Å². The zero-order valence-electron chi connectivity index (χ0n) is 10.2. The molecule has 106 valence electrons. The lowest BCUT2D eigenvalue weighted by Gasteiger charge is -2.08. The molecule has 0 saturated heterocycles. The molecule has 1 heterocycles. The second-order valence-electron chi connectivity index (χ2n) is 4.00. The lowest BCUT2D eigenvalue weighted by Crippen LogP contribution is -2.05. The van der Waals surface area contributed by atoms with Crippen molar-refractivity contribution in [2.24, 2.45) is 0 Å². The third-order valence-electron chi connectivity index (χ3n) is 2.52. The molecule has 2 rings (SSSR count). The number of nitrogens with one attached hydrogen (secondary N) is 1. The number of anilines is 2. The van der Waals surface area contributed by atoms with Crippen LogP contribution >= 0.6 is 11.3 Å². The first kappa shape index (κ1) is 14.3. The van der Waals surface area contributed by atoms with E-state index in [2.05, 4.69) is 10.3 Å². The van der Waals surface area contributed by atoms with E-state index in [1.807, 2.05) is 0 Å². The van der Waals surface area contributed by atoms with E-state index < -0.39 is 17.8 Å². The summed E-state index contributed by atoms with van der Waals surface area (Å²) in [6.07, 6.45) is -4.49. The van der Waals surface area contributed by atoms with Crippen molar-refractivity contribution in [1.29, 1.82) is 0 Å². The van der Waals surface area contributed by atoms with Gasteiger partial charge in [0.15, 0.2) is 10.8 Å². The highest BCUT2D eigenvalue weighted by Gasteiger charge is 2.33. The molecule has 0 spiro atoms. The van der Waals surface area contributed by atoms with Gasteiger partial charge in [-0.1, -0.05) is 6.07 Å². The Morgan fingerprint density at radius 1 is 1.40 bits per heavy atom. The maximum absolute atomic E-state index is 12.4. The third kappa shape index (κ3) is 3.08. The van der Waals surface area contributed by atoms with E-state index >= 15 is 0 Å². The monoisotopic (exact) mass is 302 g/mol. The molecule has 0 aliphatic carbocycles. The number of aromatic nitrogens is 1. The molecule has 20 heavy (non-hydrogen) atoms. The summed E-state index contributed by atoms with van der Waals surface area (Å²) in [6.45, 7) is 1.71. The Balaban J connectivity index is 2.28. The molecule has 2 aromatic rings. The Bertz CT molecular complexity index is 652. The van der Waals surface area contributed by atoms with E-state index in [1.165, 1.54) is 12.1 Å². The predicted octanol–water partition coefficient (Wildman–Crippen LogP) is 3.91. The van der Waals surface area contributed by atoms with Crippen molar-refractivity contribution in [1.82, 2.24) is 4.98 Å². The molecule has 1 aromatic carbocycles. The van der Waals surface area contributed by atoms with Crippen LogP contribution in [0.2, 0.25) is 0 Å². The SMILES string of the molecule is Cc1ccc(C(=O)O)cc1Nc1nc(C(F)(F)F)cs1. The standard InChI is InChI=1S/C12H9F3N2O2S/c1-6-2-3-7(10(18)19)4-8(6)16-11-17-9(5-20-11)12(13,14)15/h2-5H,1H3,(H,16,17)(H,18,19). The number of alkyl halides is 3. The third-order valence-corrected chi connectivity index (χ3v) is 3.28. The molecule has 0 amide bonds. The summed E-state index contributed by atoms with van der Waals surface area (Å²) >= 11 is 0.805. The minimum absolute atomic E-state index is 0.0469. The van der Waals surface area contributed by atoms with Crippen molar-refractivity contribution in [3.8, 4) is 0 Å². The van der Waals surface area contributed by atoms with E-state index in [4.69, 9.17) is 5.11 Å². The number of thiazole rings is 1. The predicted molar refractivity (Wildman–Crippen MR) is 68.5 cm³/mol. The van der Waals surface area contributed by atoms with E-state index in [0.717, 1.165) is 16.7 Å². The second kappa shape index (κ2) is 5.12. The number of carbonyl (C=O) groups is 1. The Hall–Kier alpha value is -2.09. The summed E-state index contributed by atoms with van der Waals surface area (Å²) in [5.41, 5.74) is 0.189. The summed E-state index contributed by atoms with van der Waals surface area (Å²) in [4.78, 5) is 14.3. The number of hydrogen-bond acceptors (Lipinski definition) is 4. The molecule has 0 saturated carbocycles. The number of halogens is 3. The molecule has 4 nitrogen and oxygen atoms in total. The highest BCUT2D eigenvalue weighted by molar-refractivity contribution is 7.13. The molecule has 0 unspecified atom stereocenters. The van der Waals surface area contributed by atoms with Gasteiger partial charge >= 0.3 is 12.1 Å². The van der Waals surface area contributed by atoms with Gasteiger partial charge in [-0.3, -0.25) is 0 Å². The van der Waals surface area contributed by atoms with E-state index in [0.29, 0.717) is 11.3 Å². The Kier molecular flexibility index (Phi) is 3.67. The Labute approximate surface area is 115 Å². The van der Waals surface area contributed by atoms with E-state index in [1.54, 1.807) is 13.0 Å². The Morgan fingerprint density at radius 3 is 2.65 bits per heavy atom. The van der Waals surface area contributed by atoms with Gasteiger partial charge in [0.25, 0.3) is 0 Å². The molecule has 0 aliphatic rings. The number of aryl methyl sites for hydroxylation is 1. The van der Waals surface area contributed by atoms with Crippen LogP contribution in [0.1, 0.15) is 21.6 Å². The number of aromatic carboxylic acids is 1. The van der Waals surface area contributed by atoms with Crippen LogP contribution in [-0.2, 0) is 6.18 Å². The van der Waals surface area contributed by atoms with Crippen LogP contribution in [0.5, 0.6) is 0 Å². The van der Waals surface area contributed by atoms with Gasteiger partial charge in [0.05, 0.1) is 5.56 Å². The fourth-order valence-corrected chi connectivity index (χ4v) is 2.20. The van der Waals surface area contributed by atoms with E-state index in [-0.39, 0.29) is 10.7 Å². The van der Waals surface area contributed by atoms with Crippen molar-refractivity contribution < 1.29 is 23.1 Å². The zero-order valence-corrected chi connectivity index (χ0v) is 11.0. The van der Waals surface area contributed by atoms with Crippen LogP contribution in [0.25, 0.3) is 0 Å². The molecule has 8 heteroatoms. The summed E-state index contributed by atoms with van der Waals surface area (Å²) in [7, 11) is 0. The van der Waals surface area contributed by atoms with Gasteiger partial charge in [0.2, 0.25) is 0 Å². The number of hydrogen-bond donors (Lipinski definition) is 2. The summed E-state index contributed by atoms with van der Waals surface area (Å²) < 4.78 is 37.3. The van der Waals surface area contributed by atoms with Gasteiger partial charge in [-0.25, -0.2) is 9.78 Å². The minimum atomic E-state index is -4.49. The summed E-state index contributed by atoms with van der Waals surface area (Å²) in [6, 6.07) is 4.35. The molecular formula is C12H9F3N2O2S. The number of carboxylic acid groups (broad SMARTS) is 1. The molecule has 0 atom stereocenters. The Morgan fingerprint density at radius 2 is 2.10 bits per heavy atom. The van der Waals surface area contributed by atoms with Crippen molar-refractivity contribution >= 4 is 28.1 Å². The van der Waals surface area contributed by atoms with Crippen LogP contribution in [0, 0.1) is 6.92 Å². The van der Waals surface area contributed by atoms with Gasteiger partial charge in [0.1, 0.15) is 0 Å². The molecular weight excluding hydrogens is 293 g/mol. The first-order valence-electron chi connectivity index (χ1n) is 5.41. The first-order chi connectivity index (χ1) is 9.27. The van der Waals surface area contributed by atoms with Crippen LogP contribution in [-0.4, -0.2) is 16.1 Å². The van der Waals surface area contributed by atoms with Gasteiger partial charge < -0.3 is 10.4 Å². The minimum Gasteiger partial charge on any atom is -0.478 e. The molecule has 2 N–H and O–H groups in total. The quantitative estimate of drug-likeness (QED) is 0.902. The van der Waals surface area contributed by atoms with Crippen molar-refractivity contribution in [3.05, 3.63) is 40.4 Å². The van der Waals surface area contributed by atoms with Gasteiger partial charge in [-0.05, 0) is 24.6 Å². The topological polar surface area (TPSA) is 62.2 Å². The molecule has 0 radical (unpaired) electrons. The lowest BCUT2D eigenvalue weighted by molar-refractivity contribution is -0.140. The fraction of sp³-hybridized carbons (Fsp3) is 0.167. The fourth-order valence-electron chi connectivity index (χ4n) is 1.47. The lowest BCUT2D eigenvalue weighted by atomic mass is 10.1. The number of carboxylic acids is 1. The maximum Gasteiger partial charge on any atom is 0.434 e. The largest absolute Gasteiger partial charge is 0.478 e. The first-order valence-corrected chi connectivity index (χ1v) is 6.29. The van der Waals surface area contributed by atoms with E-state index in [9.17, 15) is 18.0 Å². The smallest absolute Gasteiger partial charge is 0.434 e. The highest BCUT2D eigenvalue weighted by Crippen LogP contribution is 2.33. The average molecular weight is 302 g/mol. The molecule has 0 fully saturated rings. The molecule has 1 aromatic heterocycles. The van der Waals surface area contributed by atoms with Crippen molar-refractivity contribution in [2.45, 2.75) is 13.1 Å².